The van der Waals surface area contributed by atoms with E-state index < -0.39 is 0 Å². The van der Waals surface area contributed by atoms with E-state index in [9.17, 15) is 0 Å². The van der Waals surface area contributed by atoms with Crippen molar-refractivity contribution in [3.63, 3.8) is 0 Å². The minimum atomic E-state index is 0.0915. The van der Waals surface area contributed by atoms with Gasteiger partial charge in [0, 0.05) is 4.88 Å². The van der Waals surface area contributed by atoms with Gasteiger partial charge in [0.05, 0.1) is 14.2 Å². The zero-order valence-corrected chi connectivity index (χ0v) is 11.4. The molecule has 0 aliphatic carbocycles. The quantitative estimate of drug-likeness (QED) is 0.648. The van der Waals surface area contributed by atoms with Gasteiger partial charge in [-0.05, 0) is 34.3 Å². The first-order valence-electron chi connectivity index (χ1n) is 4.09. The first-order valence-corrected chi connectivity index (χ1v) is 6.52. The van der Waals surface area contributed by atoms with Crippen LogP contribution in [0.25, 0.3) is 0 Å². The van der Waals surface area contributed by atoms with Crippen molar-refractivity contribution >= 4 is 50.5 Å². The van der Waals surface area contributed by atoms with Gasteiger partial charge in [0.15, 0.2) is 0 Å². The summed E-state index contributed by atoms with van der Waals surface area (Å²) in [5.41, 5.74) is 0. The second-order valence-corrected chi connectivity index (χ2v) is 6.70. The second-order valence-electron chi connectivity index (χ2n) is 3.37. The Labute approximate surface area is 101 Å². The Morgan fingerprint density at radius 1 is 1.54 bits per heavy atom. The van der Waals surface area contributed by atoms with Crippen LogP contribution in [0, 0.1) is 5.92 Å². The van der Waals surface area contributed by atoms with Crippen LogP contribution in [0.1, 0.15) is 30.5 Å². The highest BCUT2D eigenvalue weighted by molar-refractivity contribution is 9.11. The summed E-state index contributed by atoms with van der Waals surface area (Å²) < 4.78 is 0.971. The third-order valence-electron chi connectivity index (χ3n) is 1.65. The minimum absolute atomic E-state index is 0.0915. The number of alkyl halides is 1. The molecule has 0 radical (unpaired) electrons. The third-order valence-corrected chi connectivity index (χ3v) is 4.78. The van der Waals surface area contributed by atoms with Gasteiger partial charge in [0.25, 0.3) is 0 Å². The lowest BCUT2D eigenvalue weighted by Gasteiger charge is -2.09. The molecule has 0 spiro atoms. The smallest absolute Gasteiger partial charge is 0.0887 e. The van der Waals surface area contributed by atoms with E-state index >= 15 is 0 Å². The molecule has 0 saturated carbocycles. The van der Waals surface area contributed by atoms with E-state index in [1.165, 1.54) is 0 Å². The lowest BCUT2D eigenvalue weighted by molar-refractivity contribution is 0.578. The Hall–Kier alpha value is 0.760. The van der Waals surface area contributed by atoms with E-state index in [-0.39, 0.29) is 5.38 Å². The van der Waals surface area contributed by atoms with Crippen molar-refractivity contribution in [1.29, 1.82) is 0 Å². The van der Waals surface area contributed by atoms with Crippen molar-refractivity contribution in [2.45, 2.75) is 25.6 Å². The molecule has 1 aromatic rings. The zero-order valence-electron chi connectivity index (χ0n) is 7.48. The molecule has 1 heterocycles. The third kappa shape index (κ3) is 3.43. The molecule has 1 rings (SSSR count). The van der Waals surface area contributed by atoms with Crippen LogP contribution in [-0.4, -0.2) is 0 Å². The predicted octanol–water partition coefficient (Wildman–Crippen LogP) is 5.49. The molecule has 4 heteroatoms. The Morgan fingerprint density at radius 2 is 2.15 bits per heavy atom. The maximum atomic E-state index is 6.22. The molecule has 1 aromatic heterocycles. The number of rotatable bonds is 3. The van der Waals surface area contributed by atoms with E-state index in [4.69, 9.17) is 23.2 Å². The molecule has 13 heavy (non-hydrogen) atoms. The van der Waals surface area contributed by atoms with Crippen molar-refractivity contribution in [3.8, 4) is 0 Å². The summed E-state index contributed by atoms with van der Waals surface area (Å²) in [7, 11) is 0. The molecule has 0 amide bonds. The summed E-state index contributed by atoms with van der Waals surface area (Å²) in [5, 5.41) is 0.850. The number of thiophene rings is 1. The summed E-state index contributed by atoms with van der Waals surface area (Å²) in [6.07, 6.45) is 0.991. The SMILES string of the molecule is CC(C)CC(Cl)c1cc(Cl)c(Br)s1. The Morgan fingerprint density at radius 3 is 2.54 bits per heavy atom. The van der Waals surface area contributed by atoms with Crippen LogP contribution in [0.4, 0.5) is 0 Å². The van der Waals surface area contributed by atoms with Crippen LogP contribution >= 0.6 is 50.5 Å². The Kier molecular flexibility index (Phi) is 4.56. The fourth-order valence-corrected chi connectivity index (χ4v) is 3.34. The van der Waals surface area contributed by atoms with Gasteiger partial charge in [-0.25, -0.2) is 0 Å². The zero-order chi connectivity index (χ0) is 10.0. The highest BCUT2D eigenvalue weighted by atomic mass is 79.9. The Bertz CT molecular complexity index is 264. The molecule has 0 fully saturated rings. The average molecular weight is 302 g/mol. The summed E-state index contributed by atoms with van der Waals surface area (Å²) in [6.45, 7) is 4.33. The highest BCUT2D eigenvalue weighted by Gasteiger charge is 2.14. The first kappa shape index (κ1) is 11.8. The van der Waals surface area contributed by atoms with E-state index in [0.717, 1.165) is 20.1 Å². The molecule has 1 atom stereocenters. The van der Waals surface area contributed by atoms with Gasteiger partial charge in [-0.3, -0.25) is 0 Å². The summed E-state index contributed by atoms with van der Waals surface area (Å²) in [4.78, 5) is 1.15. The number of hydrogen-bond acceptors (Lipinski definition) is 1. The molecule has 0 nitrogen and oxygen atoms in total. The van der Waals surface area contributed by atoms with E-state index in [0.29, 0.717) is 5.92 Å². The van der Waals surface area contributed by atoms with Gasteiger partial charge < -0.3 is 0 Å². The lowest BCUT2D eigenvalue weighted by Crippen LogP contribution is -1.93. The topological polar surface area (TPSA) is 0 Å². The van der Waals surface area contributed by atoms with Crippen LogP contribution in [0.15, 0.2) is 9.85 Å². The van der Waals surface area contributed by atoms with Crippen LogP contribution < -0.4 is 0 Å². The van der Waals surface area contributed by atoms with Gasteiger partial charge in [0.2, 0.25) is 0 Å². The molecule has 0 aliphatic heterocycles. The van der Waals surface area contributed by atoms with E-state index in [1.807, 2.05) is 6.07 Å². The second kappa shape index (κ2) is 5.01. The molecule has 1 unspecified atom stereocenters. The average Bonchev–Trinajstić information content (AvgIpc) is 2.31. The molecule has 74 valence electrons. The van der Waals surface area contributed by atoms with Crippen LogP contribution in [-0.2, 0) is 0 Å². The molecular weight excluding hydrogens is 291 g/mol. The van der Waals surface area contributed by atoms with Crippen molar-refractivity contribution < 1.29 is 0 Å². The van der Waals surface area contributed by atoms with E-state index in [2.05, 4.69) is 29.8 Å². The molecule has 0 saturated heterocycles. The monoisotopic (exact) mass is 300 g/mol. The molecular formula is C9H11BrCl2S. The molecule has 0 aromatic carbocycles. The predicted molar refractivity (Wildman–Crippen MR) is 65.1 cm³/mol. The fourth-order valence-electron chi connectivity index (χ4n) is 1.05. The minimum Gasteiger partial charge on any atom is -0.130 e. The van der Waals surface area contributed by atoms with Crippen molar-refractivity contribution in [1.82, 2.24) is 0 Å². The van der Waals surface area contributed by atoms with Crippen molar-refractivity contribution in [3.05, 3.63) is 19.8 Å². The first-order chi connectivity index (χ1) is 6.00. The summed E-state index contributed by atoms with van der Waals surface area (Å²) >= 11 is 17.1. The largest absolute Gasteiger partial charge is 0.130 e. The maximum absolute atomic E-state index is 6.22. The fraction of sp³-hybridized carbons (Fsp3) is 0.556. The maximum Gasteiger partial charge on any atom is 0.0887 e. The van der Waals surface area contributed by atoms with Gasteiger partial charge in [0.1, 0.15) is 0 Å². The van der Waals surface area contributed by atoms with E-state index in [1.54, 1.807) is 11.3 Å². The van der Waals surface area contributed by atoms with Crippen LogP contribution in [0.5, 0.6) is 0 Å². The standard InChI is InChI=1S/C9H11BrCl2S/c1-5(2)3-6(11)8-4-7(12)9(10)13-8/h4-6H,3H2,1-2H3. The Balaban J connectivity index is 2.71. The van der Waals surface area contributed by atoms with Gasteiger partial charge >= 0.3 is 0 Å². The lowest BCUT2D eigenvalue weighted by atomic mass is 10.1. The normalized spacial score (nSPS) is 13.7. The number of hydrogen-bond donors (Lipinski definition) is 0. The molecule has 0 aliphatic rings. The van der Waals surface area contributed by atoms with Crippen LogP contribution in [0.2, 0.25) is 5.02 Å². The molecule has 0 bridgehead atoms. The van der Waals surface area contributed by atoms with Crippen LogP contribution in [0.3, 0.4) is 0 Å². The highest BCUT2D eigenvalue weighted by Crippen LogP contribution is 2.39. The molecule has 0 N–H and O–H groups in total. The van der Waals surface area contributed by atoms with Gasteiger partial charge in [-0.1, -0.05) is 25.4 Å². The van der Waals surface area contributed by atoms with Gasteiger partial charge in [-0.2, -0.15) is 0 Å². The van der Waals surface area contributed by atoms with Crippen molar-refractivity contribution in [2.24, 2.45) is 5.92 Å². The number of halogens is 3. The summed E-state index contributed by atoms with van der Waals surface area (Å²) in [5.74, 6) is 0.613. The summed E-state index contributed by atoms with van der Waals surface area (Å²) in [6, 6.07) is 1.94. The van der Waals surface area contributed by atoms with Gasteiger partial charge in [-0.15, -0.1) is 22.9 Å². The van der Waals surface area contributed by atoms with Crippen molar-refractivity contribution in [2.75, 3.05) is 0 Å².